The molecule has 3 rings (SSSR count). The Morgan fingerprint density at radius 2 is 2.13 bits per heavy atom. The average Bonchev–Trinajstić information content (AvgIpc) is 2.74. The lowest BCUT2D eigenvalue weighted by atomic mass is 9.88. The number of hydrogen-bond donors (Lipinski definition) is 0. The van der Waals surface area contributed by atoms with Crippen LogP contribution in [0.2, 0.25) is 0 Å². The van der Waals surface area contributed by atoms with Crippen LogP contribution >= 0.6 is 0 Å². The number of likely N-dealkylation sites (tertiary alicyclic amines) is 1. The van der Waals surface area contributed by atoms with Crippen LogP contribution in [0.3, 0.4) is 0 Å². The smallest absolute Gasteiger partial charge is 0.320 e. The Labute approximate surface area is 182 Å². The highest BCUT2D eigenvalue weighted by Crippen LogP contribution is 2.36. The second kappa shape index (κ2) is 10.7. The molecule has 0 radical (unpaired) electrons. The summed E-state index contributed by atoms with van der Waals surface area (Å²) < 4.78 is 39.9. The fourth-order valence-electron chi connectivity index (χ4n) is 4.05. The molecule has 0 bridgehead atoms. The molecule has 5 nitrogen and oxygen atoms in total. The number of halogens is 2. The van der Waals surface area contributed by atoms with Crippen molar-refractivity contribution < 1.29 is 23.0 Å². The molecule has 1 fully saturated rings. The monoisotopic (exact) mass is 432 g/mol. The number of benzene rings is 1. The minimum absolute atomic E-state index is 0.0776. The Hall–Kier alpha value is -2.54. The molecule has 1 unspecified atom stereocenters. The maximum atomic E-state index is 14.6. The van der Waals surface area contributed by atoms with Crippen molar-refractivity contribution >= 4 is 5.97 Å². The molecular weight excluding hydrogens is 402 g/mol. The first-order chi connectivity index (χ1) is 14.9. The summed E-state index contributed by atoms with van der Waals surface area (Å²) >= 11 is 0. The standard InChI is InChI=1S/C24H30F2N2O3/c1-3-30-23(29)16-28-13-11-20(24(25,26)17-28)8-6-14-31-22-10-4-9-21(18(22)2)19-7-5-12-27-15-19/h4-5,7,9-10,12,15,20H,3,6,8,11,13-14,16-17H2,1-2H3. The number of hydrogen-bond acceptors (Lipinski definition) is 5. The van der Waals surface area contributed by atoms with Gasteiger partial charge < -0.3 is 9.47 Å². The molecule has 2 heterocycles. The first kappa shape index (κ1) is 23.1. The maximum absolute atomic E-state index is 14.6. The van der Waals surface area contributed by atoms with Gasteiger partial charge in [-0.3, -0.25) is 14.7 Å². The molecule has 1 aromatic carbocycles. The van der Waals surface area contributed by atoms with Crippen LogP contribution in [0.1, 0.15) is 31.7 Å². The number of piperidine rings is 1. The maximum Gasteiger partial charge on any atom is 0.320 e. The lowest BCUT2D eigenvalue weighted by Crippen LogP contribution is -2.50. The number of carbonyl (C=O) groups is 1. The lowest BCUT2D eigenvalue weighted by molar-refractivity contribution is -0.150. The first-order valence-electron chi connectivity index (χ1n) is 10.8. The Morgan fingerprint density at radius 3 is 2.84 bits per heavy atom. The number of esters is 1. The highest BCUT2D eigenvalue weighted by Gasteiger charge is 2.44. The van der Waals surface area contributed by atoms with Gasteiger partial charge in [-0.2, -0.15) is 0 Å². The fourth-order valence-corrected chi connectivity index (χ4v) is 4.05. The van der Waals surface area contributed by atoms with E-state index in [1.165, 1.54) is 4.90 Å². The largest absolute Gasteiger partial charge is 0.493 e. The Balaban J connectivity index is 1.49. The van der Waals surface area contributed by atoms with Crippen molar-refractivity contribution in [3.8, 4) is 16.9 Å². The SMILES string of the molecule is CCOC(=O)CN1CCC(CCCOc2cccc(-c3cccnc3)c2C)C(F)(F)C1. The van der Waals surface area contributed by atoms with Gasteiger partial charge in [-0.05, 0) is 62.9 Å². The van der Waals surface area contributed by atoms with Crippen molar-refractivity contribution in [3.05, 3.63) is 48.3 Å². The third-order valence-corrected chi connectivity index (χ3v) is 5.69. The summed E-state index contributed by atoms with van der Waals surface area (Å²) in [5.74, 6) is -3.20. The van der Waals surface area contributed by atoms with Crippen molar-refractivity contribution in [1.82, 2.24) is 9.88 Å². The topological polar surface area (TPSA) is 51.7 Å². The van der Waals surface area contributed by atoms with Gasteiger partial charge in [0, 0.05) is 23.9 Å². The number of aromatic nitrogens is 1. The van der Waals surface area contributed by atoms with E-state index in [-0.39, 0.29) is 13.2 Å². The molecule has 0 saturated carbocycles. The van der Waals surface area contributed by atoms with Gasteiger partial charge in [0.2, 0.25) is 0 Å². The van der Waals surface area contributed by atoms with Crippen molar-refractivity contribution in [1.29, 1.82) is 0 Å². The first-order valence-corrected chi connectivity index (χ1v) is 10.8. The number of ether oxygens (including phenoxy) is 2. The van der Waals surface area contributed by atoms with Crippen molar-refractivity contribution in [2.45, 2.75) is 39.0 Å². The summed E-state index contributed by atoms with van der Waals surface area (Å²) in [4.78, 5) is 17.2. The summed E-state index contributed by atoms with van der Waals surface area (Å²) in [6, 6.07) is 9.73. The Morgan fingerprint density at radius 1 is 1.29 bits per heavy atom. The van der Waals surface area contributed by atoms with E-state index in [9.17, 15) is 13.6 Å². The number of carbonyl (C=O) groups excluding carboxylic acids is 1. The van der Waals surface area contributed by atoms with Gasteiger partial charge in [0.1, 0.15) is 5.75 Å². The van der Waals surface area contributed by atoms with Crippen LogP contribution in [0.25, 0.3) is 11.1 Å². The molecular formula is C24H30F2N2O3. The molecule has 168 valence electrons. The molecule has 0 spiro atoms. The van der Waals surface area contributed by atoms with Gasteiger partial charge in [0.15, 0.2) is 0 Å². The minimum Gasteiger partial charge on any atom is -0.493 e. The van der Waals surface area contributed by atoms with Gasteiger partial charge in [-0.25, -0.2) is 8.78 Å². The molecule has 0 N–H and O–H groups in total. The van der Waals surface area contributed by atoms with E-state index in [1.54, 1.807) is 13.1 Å². The molecule has 31 heavy (non-hydrogen) atoms. The van der Waals surface area contributed by atoms with Gasteiger partial charge in [-0.15, -0.1) is 0 Å². The van der Waals surface area contributed by atoms with Crippen molar-refractivity contribution in [2.75, 3.05) is 32.8 Å². The Bertz CT molecular complexity index is 861. The van der Waals surface area contributed by atoms with Crippen molar-refractivity contribution in [2.24, 2.45) is 5.92 Å². The Kier molecular flexibility index (Phi) is 7.96. The van der Waals surface area contributed by atoms with Gasteiger partial charge in [0.25, 0.3) is 5.92 Å². The number of nitrogens with zero attached hydrogens (tertiary/aromatic N) is 2. The second-order valence-corrected chi connectivity index (χ2v) is 7.92. The van der Waals surface area contributed by atoms with E-state index in [0.717, 1.165) is 22.4 Å². The van der Waals surface area contributed by atoms with Crippen LogP contribution in [0.15, 0.2) is 42.7 Å². The summed E-state index contributed by atoms with van der Waals surface area (Å²) in [6.07, 6.45) is 4.84. The molecule has 1 aliphatic rings. The van der Waals surface area contributed by atoms with E-state index in [0.29, 0.717) is 32.4 Å². The summed E-state index contributed by atoms with van der Waals surface area (Å²) in [6.45, 7) is 4.34. The summed E-state index contributed by atoms with van der Waals surface area (Å²) in [5.41, 5.74) is 3.07. The lowest BCUT2D eigenvalue weighted by Gasteiger charge is -2.37. The zero-order valence-electron chi connectivity index (χ0n) is 18.2. The van der Waals surface area contributed by atoms with Gasteiger partial charge in [0.05, 0.1) is 26.3 Å². The predicted octanol–water partition coefficient (Wildman–Crippen LogP) is 4.74. The van der Waals surface area contributed by atoms with E-state index in [4.69, 9.17) is 9.47 Å². The average molecular weight is 433 g/mol. The van der Waals surface area contributed by atoms with E-state index < -0.39 is 24.4 Å². The molecule has 0 aliphatic carbocycles. The predicted molar refractivity (Wildman–Crippen MR) is 115 cm³/mol. The highest BCUT2D eigenvalue weighted by atomic mass is 19.3. The fraction of sp³-hybridized carbons (Fsp3) is 0.500. The highest BCUT2D eigenvalue weighted by molar-refractivity contribution is 5.71. The molecule has 7 heteroatoms. The van der Waals surface area contributed by atoms with Crippen LogP contribution in [-0.4, -0.2) is 54.6 Å². The van der Waals surface area contributed by atoms with Gasteiger partial charge >= 0.3 is 5.97 Å². The molecule has 0 amide bonds. The quantitative estimate of drug-likeness (QED) is 0.423. The van der Waals surface area contributed by atoms with Crippen LogP contribution in [0.4, 0.5) is 8.78 Å². The van der Waals surface area contributed by atoms with Crippen LogP contribution in [0.5, 0.6) is 5.75 Å². The third kappa shape index (κ3) is 6.23. The van der Waals surface area contributed by atoms with Crippen LogP contribution in [-0.2, 0) is 9.53 Å². The normalized spacial score (nSPS) is 18.5. The van der Waals surface area contributed by atoms with Crippen molar-refractivity contribution in [3.63, 3.8) is 0 Å². The zero-order valence-corrected chi connectivity index (χ0v) is 18.2. The molecule has 1 aliphatic heterocycles. The van der Waals surface area contributed by atoms with E-state index in [2.05, 4.69) is 4.98 Å². The molecule has 1 saturated heterocycles. The third-order valence-electron chi connectivity index (χ3n) is 5.69. The van der Waals surface area contributed by atoms with Gasteiger partial charge in [-0.1, -0.05) is 18.2 Å². The zero-order chi connectivity index (χ0) is 22.3. The van der Waals surface area contributed by atoms with Crippen LogP contribution < -0.4 is 4.74 Å². The second-order valence-electron chi connectivity index (χ2n) is 7.92. The summed E-state index contributed by atoms with van der Waals surface area (Å²) in [7, 11) is 0. The summed E-state index contributed by atoms with van der Waals surface area (Å²) in [5, 5.41) is 0. The number of pyridine rings is 1. The number of alkyl halides is 2. The van der Waals surface area contributed by atoms with E-state index in [1.807, 2.05) is 43.5 Å². The van der Waals surface area contributed by atoms with Crippen LogP contribution in [0, 0.1) is 12.8 Å². The molecule has 2 aromatic rings. The number of rotatable bonds is 9. The molecule has 1 aromatic heterocycles. The minimum atomic E-state index is -2.82. The molecule has 1 atom stereocenters. The van der Waals surface area contributed by atoms with E-state index >= 15 is 0 Å².